The van der Waals surface area contributed by atoms with Gasteiger partial charge in [0.05, 0.1) is 13.2 Å². The molecule has 178 valence electrons. The first-order chi connectivity index (χ1) is 15.6. The maximum absolute atomic E-state index is 13.2. The molecule has 0 atom stereocenters. The highest BCUT2D eigenvalue weighted by Crippen LogP contribution is 2.28. The van der Waals surface area contributed by atoms with Crippen molar-refractivity contribution in [2.75, 3.05) is 19.8 Å². The third-order valence-electron chi connectivity index (χ3n) is 5.46. The van der Waals surface area contributed by atoms with Gasteiger partial charge in [0.15, 0.2) is 11.4 Å². The van der Waals surface area contributed by atoms with Gasteiger partial charge in [0, 0.05) is 16.7 Å². The van der Waals surface area contributed by atoms with Crippen LogP contribution in [0.15, 0.2) is 18.2 Å². The van der Waals surface area contributed by atoms with Crippen molar-refractivity contribution in [1.29, 1.82) is 5.41 Å². The number of ketones is 1. The second-order valence-electron chi connectivity index (χ2n) is 9.11. The van der Waals surface area contributed by atoms with Crippen molar-refractivity contribution in [1.82, 2.24) is 19.4 Å². The van der Waals surface area contributed by atoms with Crippen LogP contribution in [0.25, 0.3) is 5.65 Å². The van der Waals surface area contributed by atoms with Gasteiger partial charge >= 0.3 is 0 Å². The Bertz CT molecular complexity index is 1220. The molecule has 1 aromatic carbocycles. The number of rotatable bonds is 9. The number of aryl methyl sites for hydroxylation is 1. The van der Waals surface area contributed by atoms with E-state index in [1.807, 2.05) is 32.9 Å². The first-order valence-electron chi connectivity index (χ1n) is 11.1. The maximum atomic E-state index is 13.2. The van der Waals surface area contributed by atoms with E-state index in [2.05, 4.69) is 31.0 Å². The predicted molar refractivity (Wildman–Crippen MR) is 124 cm³/mol. The Kier molecular flexibility index (Phi) is 7.22. The Balaban J connectivity index is 1.99. The molecule has 0 amide bonds. The molecule has 2 heterocycles. The summed E-state index contributed by atoms with van der Waals surface area (Å²) in [6, 6.07) is 5.39. The molecule has 0 aliphatic heterocycles. The van der Waals surface area contributed by atoms with E-state index in [9.17, 15) is 4.79 Å². The number of aliphatic hydroxyl groups excluding tert-OH is 1. The summed E-state index contributed by atoms with van der Waals surface area (Å²) in [4.78, 5) is 13.2. The Hall–Kier alpha value is -3.20. The van der Waals surface area contributed by atoms with Gasteiger partial charge in [-0.25, -0.2) is 4.68 Å². The second kappa shape index (κ2) is 9.74. The number of hydrogen-bond donors (Lipinski definition) is 2. The minimum atomic E-state index is -0.200. The lowest BCUT2D eigenvalue weighted by molar-refractivity contribution is 0.0965. The third-order valence-corrected chi connectivity index (χ3v) is 5.46. The zero-order valence-electron chi connectivity index (χ0n) is 20.2. The van der Waals surface area contributed by atoms with E-state index in [0.29, 0.717) is 29.4 Å². The van der Waals surface area contributed by atoms with Crippen molar-refractivity contribution in [3.8, 4) is 11.6 Å². The molecule has 0 spiro atoms. The number of carbonyl (C=O) groups excluding carboxylic acids is 1. The van der Waals surface area contributed by atoms with E-state index in [0.717, 1.165) is 23.1 Å². The summed E-state index contributed by atoms with van der Waals surface area (Å²) in [5, 5.41) is 26.6. The van der Waals surface area contributed by atoms with E-state index in [-0.39, 0.29) is 36.6 Å². The summed E-state index contributed by atoms with van der Waals surface area (Å²) in [5.74, 6) is 0.792. The highest BCUT2D eigenvalue weighted by molar-refractivity contribution is 5.96. The molecule has 2 N–H and O–H groups in total. The van der Waals surface area contributed by atoms with E-state index in [1.165, 1.54) is 9.20 Å². The largest absolute Gasteiger partial charge is 0.491 e. The molecule has 0 saturated carbocycles. The van der Waals surface area contributed by atoms with Gasteiger partial charge in [0.2, 0.25) is 11.5 Å². The fourth-order valence-corrected chi connectivity index (χ4v) is 3.35. The number of fused-ring (bicyclic) bond motifs is 1. The normalized spacial score (nSPS) is 11.7. The molecule has 0 fully saturated rings. The van der Waals surface area contributed by atoms with Crippen LogP contribution in [0.5, 0.6) is 11.6 Å². The zero-order chi connectivity index (χ0) is 24.3. The molecule has 0 aliphatic carbocycles. The van der Waals surface area contributed by atoms with Crippen LogP contribution in [-0.2, 0) is 12.0 Å². The van der Waals surface area contributed by atoms with Crippen LogP contribution in [0.3, 0.4) is 0 Å². The molecule has 0 saturated heterocycles. The lowest BCUT2D eigenvalue weighted by Gasteiger charge is -2.21. The minimum Gasteiger partial charge on any atom is -0.491 e. The molecular weight excluding hydrogens is 422 g/mol. The molecule has 2 aromatic heterocycles. The molecular formula is C24H33N5O4. The van der Waals surface area contributed by atoms with Gasteiger partial charge in [-0.15, -0.1) is 10.2 Å². The fraction of sp³-hybridized carbons (Fsp3) is 0.500. The number of ether oxygens (including phenoxy) is 2. The van der Waals surface area contributed by atoms with E-state index in [1.54, 1.807) is 6.07 Å². The average molecular weight is 456 g/mol. The lowest BCUT2D eigenvalue weighted by atomic mass is 9.85. The Labute approximate surface area is 193 Å². The molecule has 0 unspecified atom stereocenters. The number of nitrogens with one attached hydrogen (secondary N) is 1. The van der Waals surface area contributed by atoms with Crippen molar-refractivity contribution >= 4 is 11.4 Å². The SMILES string of the molecule is CCCOc1nn2c(=N)n(CC(=O)c3cc(OCCO)cc(C(C)(C)C)c3)nc2c(C)c1C. The van der Waals surface area contributed by atoms with Crippen LogP contribution in [0, 0.1) is 19.3 Å². The van der Waals surface area contributed by atoms with Crippen molar-refractivity contribution in [3.63, 3.8) is 0 Å². The molecule has 33 heavy (non-hydrogen) atoms. The molecule has 3 aromatic rings. The van der Waals surface area contributed by atoms with E-state index in [4.69, 9.17) is 20.0 Å². The number of hydrogen-bond acceptors (Lipinski definition) is 7. The summed E-state index contributed by atoms with van der Waals surface area (Å²) in [6.45, 7) is 12.4. The van der Waals surface area contributed by atoms with Crippen molar-refractivity contribution in [2.24, 2.45) is 0 Å². The van der Waals surface area contributed by atoms with Crippen LogP contribution in [-0.4, -0.2) is 50.1 Å². The minimum absolute atomic E-state index is 0.00784. The van der Waals surface area contributed by atoms with Gasteiger partial charge in [-0.3, -0.25) is 10.2 Å². The highest BCUT2D eigenvalue weighted by Gasteiger charge is 2.20. The number of nitrogens with zero attached hydrogens (tertiary/aromatic N) is 4. The van der Waals surface area contributed by atoms with Crippen molar-refractivity contribution in [3.05, 3.63) is 46.1 Å². The quantitative estimate of drug-likeness (QED) is 0.480. The number of carbonyl (C=O) groups is 1. The molecule has 3 rings (SSSR count). The van der Waals surface area contributed by atoms with Crippen LogP contribution in [0.4, 0.5) is 0 Å². The van der Waals surface area contributed by atoms with E-state index >= 15 is 0 Å². The Morgan fingerprint density at radius 3 is 2.45 bits per heavy atom. The second-order valence-corrected chi connectivity index (χ2v) is 9.11. The van der Waals surface area contributed by atoms with Crippen LogP contribution >= 0.6 is 0 Å². The number of Topliss-reactive ketones (excluding diaryl/α,β-unsaturated/α-hetero) is 1. The Morgan fingerprint density at radius 2 is 1.82 bits per heavy atom. The van der Waals surface area contributed by atoms with Gasteiger partial charge in [-0.05, 0) is 49.4 Å². The highest BCUT2D eigenvalue weighted by atomic mass is 16.5. The number of benzene rings is 1. The smallest absolute Gasteiger partial charge is 0.242 e. The van der Waals surface area contributed by atoms with Gasteiger partial charge < -0.3 is 14.6 Å². The van der Waals surface area contributed by atoms with Crippen molar-refractivity contribution < 1.29 is 19.4 Å². The summed E-state index contributed by atoms with van der Waals surface area (Å²) < 4.78 is 14.1. The summed E-state index contributed by atoms with van der Waals surface area (Å²) in [7, 11) is 0. The number of aromatic nitrogens is 4. The number of aliphatic hydroxyl groups is 1. The van der Waals surface area contributed by atoms with Gasteiger partial charge in [-0.1, -0.05) is 27.7 Å². The van der Waals surface area contributed by atoms with E-state index < -0.39 is 0 Å². The van der Waals surface area contributed by atoms with Crippen LogP contribution in [0.1, 0.15) is 61.2 Å². The van der Waals surface area contributed by atoms with Crippen LogP contribution < -0.4 is 15.1 Å². The predicted octanol–water partition coefficient (Wildman–Crippen LogP) is 2.97. The monoisotopic (exact) mass is 455 g/mol. The molecule has 0 aliphatic rings. The summed E-state index contributed by atoms with van der Waals surface area (Å²) in [5.41, 5.74) is 3.44. The molecule has 0 radical (unpaired) electrons. The van der Waals surface area contributed by atoms with Crippen molar-refractivity contribution in [2.45, 2.75) is 59.9 Å². The fourth-order valence-electron chi connectivity index (χ4n) is 3.35. The Morgan fingerprint density at radius 1 is 1.09 bits per heavy atom. The standard InChI is InChI=1S/C24H33N5O4/c1-7-9-33-22-16(3)15(2)21-26-28(23(25)29(21)27-22)14-20(31)17-11-18(24(4,5)6)13-19(12-17)32-10-8-30/h11-13,25,30H,7-10,14H2,1-6H3. The first-order valence-corrected chi connectivity index (χ1v) is 11.1. The maximum Gasteiger partial charge on any atom is 0.242 e. The van der Waals surface area contributed by atoms with Gasteiger partial charge in [-0.2, -0.15) is 4.52 Å². The molecule has 9 heteroatoms. The third kappa shape index (κ3) is 5.24. The molecule has 0 bridgehead atoms. The topological polar surface area (TPSA) is 115 Å². The average Bonchev–Trinajstić information content (AvgIpc) is 3.08. The first kappa shape index (κ1) is 24.4. The van der Waals surface area contributed by atoms with Gasteiger partial charge in [0.25, 0.3) is 0 Å². The summed E-state index contributed by atoms with van der Waals surface area (Å²) >= 11 is 0. The summed E-state index contributed by atoms with van der Waals surface area (Å²) in [6.07, 6.45) is 0.849. The lowest BCUT2D eigenvalue weighted by Crippen LogP contribution is -2.26. The molecule has 9 nitrogen and oxygen atoms in total. The van der Waals surface area contributed by atoms with Gasteiger partial charge in [0.1, 0.15) is 18.9 Å². The van der Waals surface area contributed by atoms with Crippen LogP contribution in [0.2, 0.25) is 0 Å². The zero-order valence-corrected chi connectivity index (χ0v) is 20.2.